The molecule has 0 saturated heterocycles. The van der Waals surface area contributed by atoms with Crippen molar-refractivity contribution in [2.75, 3.05) is 0 Å². The Labute approximate surface area is 257 Å². The molecule has 222 valence electrons. The summed E-state index contributed by atoms with van der Waals surface area (Å²) in [5, 5.41) is 0. The molecule has 0 aliphatic carbocycles. The van der Waals surface area contributed by atoms with Gasteiger partial charge in [-0.1, -0.05) is 31.2 Å². The highest BCUT2D eigenvalue weighted by Gasteiger charge is 2.28. The van der Waals surface area contributed by atoms with E-state index in [0.717, 1.165) is 0 Å². The van der Waals surface area contributed by atoms with Crippen LogP contribution in [-0.4, -0.2) is 0 Å². The predicted molar refractivity (Wildman–Crippen MR) is 185 cm³/mol. The minimum Gasteiger partial charge on any atom is -0.0581 e. The molecule has 0 saturated carbocycles. The standard InChI is InChI=1S/C42H54/c1-21-24(4)30(10)39(31(11)25(21)5)36(16)37-17-19-38(20-18-37)42(40-32(12)26(6)22(2)27(7)33(40)13)41-34(14)28(8)23(3)29(9)35(41)15/h17-20,36,42H,1-16H3. The van der Waals surface area contributed by atoms with Crippen LogP contribution in [0.15, 0.2) is 24.3 Å². The van der Waals surface area contributed by atoms with Crippen LogP contribution < -0.4 is 0 Å². The van der Waals surface area contributed by atoms with Gasteiger partial charge < -0.3 is 0 Å². The maximum absolute atomic E-state index is 2.43. The minimum absolute atomic E-state index is 0.192. The summed E-state index contributed by atoms with van der Waals surface area (Å²) in [6.07, 6.45) is 0. The van der Waals surface area contributed by atoms with E-state index >= 15 is 0 Å². The normalized spacial score (nSPS) is 12.4. The summed E-state index contributed by atoms with van der Waals surface area (Å²) in [5.41, 5.74) is 28.7. The van der Waals surface area contributed by atoms with Gasteiger partial charge in [-0.2, -0.15) is 0 Å². The van der Waals surface area contributed by atoms with Crippen LogP contribution in [0.3, 0.4) is 0 Å². The third-order valence-electron chi connectivity index (χ3n) is 12.0. The van der Waals surface area contributed by atoms with Crippen LogP contribution in [0.1, 0.15) is 130 Å². The van der Waals surface area contributed by atoms with Crippen molar-refractivity contribution in [3.63, 3.8) is 0 Å². The lowest BCUT2D eigenvalue weighted by Gasteiger charge is -2.31. The van der Waals surface area contributed by atoms with Crippen LogP contribution in [-0.2, 0) is 0 Å². The monoisotopic (exact) mass is 558 g/mol. The van der Waals surface area contributed by atoms with Crippen LogP contribution in [0.5, 0.6) is 0 Å². The van der Waals surface area contributed by atoms with Crippen molar-refractivity contribution < 1.29 is 0 Å². The molecule has 0 aliphatic heterocycles. The fraction of sp³-hybridized carbons (Fsp3) is 0.429. The first kappa shape index (κ1) is 31.8. The number of hydrogen-bond acceptors (Lipinski definition) is 0. The Kier molecular flexibility index (Phi) is 8.72. The number of hydrogen-bond donors (Lipinski definition) is 0. The zero-order valence-corrected chi connectivity index (χ0v) is 29.5. The molecule has 4 aromatic rings. The average Bonchev–Trinajstić information content (AvgIpc) is 2.98. The van der Waals surface area contributed by atoms with Crippen LogP contribution in [0.4, 0.5) is 0 Å². The second kappa shape index (κ2) is 11.5. The van der Waals surface area contributed by atoms with Gasteiger partial charge in [0.2, 0.25) is 0 Å². The summed E-state index contributed by atoms with van der Waals surface area (Å²) in [4.78, 5) is 0. The first-order chi connectivity index (χ1) is 19.5. The Morgan fingerprint density at radius 3 is 0.786 bits per heavy atom. The lowest BCUT2D eigenvalue weighted by molar-refractivity contribution is 0.873. The summed E-state index contributed by atoms with van der Waals surface area (Å²) < 4.78 is 0. The first-order valence-corrected chi connectivity index (χ1v) is 15.8. The third kappa shape index (κ3) is 4.86. The lowest BCUT2D eigenvalue weighted by atomic mass is 9.73. The average molecular weight is 559 g/mol. The third-order valence-corrected chi connectivity index (χ3v) is 12.0. The molecule has 0 aromatic heterocycles. The molecule has 0 heterocycles. The minimum atomic E-state index is 0.192. The van der Waals surface area contributed by atoms with E-state index in [1.165, 1.54) is 111 Å². The van der Waals surface area contributed by atoms with Gasteiger partial charge in [0.25, 0.3) is 0 Å². The SMILES string of the molecule is Cc1c(C)c(C)c(C(C)c2ccc(C(c3c(C)c(C)c(C)c(C)c3C)c3c(C)c(C)c(C)c(C)c3C)cc2)c(C)c1C. The topological polar surface area (TPSA) is 0 Å². The molecular formula is C42H54. The molecule has 0 heteroatoms. The summed E-state index contributed by atoms with van der Waals surface area (Å²) in [6.45, 7) is 37.0. The summed E-state index contributed by atoms with van der Waals surface area (Å²) in [5.74, 6) is 0.535. The van der Waals surface area contributed by atoms with Crippen LogP contribution in [0.25, 0.3) is 0 Å². The molecule has 0 radical (unpaired) electrons. The van der Waals surface area contributed by atoms with Gasteiger partial charge in [0.15, 0.2) is 0 Å². The van der Waals surface area contributed by atoms with E-state index in [9.17, 15) is 0 Å². The maximum atomic E-state index is 2.43. The molecule has 0 spiro atoms. The largest absolute Gasteiger partial charge is 0.0581 e. The number of rotatable bonds is 5. The van der Waals surface area contributed by atoms with Crippen molar-refractivity contribution >= 4 is 0 Å². The van der Waals surface area contributed by atoms with Gasteiger partial charge in [-0.05, 0) is 215 Å². The smallest absolute Gasteiger partial charge is 0.0350 e. The summed E-state index contributed by atoms with van der Waals surface area (Å²) >= 11 is 0. The van der Waals surface area contributed by atoms with E-state index in [1.807, 2.05) is 0 Å². The van der Waals surface area contributed by atoms with Crippen LogP contribution in [0, 0.1) is 104 Å². The molecule has 0 N–H and O–H groups in total. The van der Waals surface area contributed by atoms with Crippen LogP contribution >= 0.6 is 0 Å². The Balaban J connectivity index is 1.99. The van der Waals surface area contributed by atoms with E-state index in [-0.39, 0.29) is 5.92 Å². The summed E-state index contributed by atoms with van der Waals surface area (Å²) in [7, 11) is 0. The van der Waals surface area contributed by atoms with Gasteiger partial charge >= 0.3 is 0 Å². The summed E-state index contributed by atoms with van der Waals surface area (Å²) in [6, 6.07) is 9.69. The Morgan fingerprint density at radius 2 is 0.500 bits per heavy atom. The molecule has 0 amide bonds. The molecule has 4 aromatic carbocycles. The Bertz CT molecular complexity index is 1550. The molecule has 0 fully saturated rings. The maximum Gasteiger partial charge on any atom is 0.0350 e. The van der Waals surface area contributed by atoms with Crippen molar-refractivity contribution in [3.05, 3.63) is 136 Å². The highest BCUT2D eigenvalue weighted by Crippen LogP contribution is 2.44. The zero-order valence-electron chi connectivity index (χ0n) is 29.5. The predicted octanol–water partition coefficient (Wildman–Crippen LogP) is 11.6. The second-order valence-corrected chi connectivity index (χ2v) is 13.4. The van der Waals surface area contributed by atoms with Crippen molar-refractivity contribution in [3.8, 4) is 0 Å². The molecule has 4 rings (SSSR count). The van der Waals surface area contributed by atoms with Crippen molar-refractivity contribution in [1.29, 1.82) is 0 Å². The van der Waals surface area contributed by atoms with E-state index < -0.39 is 0 Å². The van der Waals surface area contributed by atoms with Crippen molar-refractivity contribution in [1.82, 2.24) is 0 Å². The number of benzene rings is 4. The van der Waals surface area contributed by atoms with Gasteiger partial charge in [0.1, 0.15) is 0 Å². The zero-order chi connectivity index (χ0) is 31.5. The van der Waals surface area contributed by atoms with Gasteiger partial charge in [-0.3, -0.25) is 0 Å². The van der Waals surface area contributed by atoms with Crippen LogP contribution in [0.2, 0.25) is 0 Å². The van der Waals surface area contributed by atoms with E-state index in [1.54, 1.807) is 0 Å². The first-order valence-electron chi connectivity index (χ1n) is 15.8. The molecule has 0 aliphatic rings. The Hall–Kier alpha value is -3.12. The molecule has 1 atom stereocenters. The highest BCUT2D eigenvalue weighted by atomic mass is 14.3. The Morgan fingerprint density at radius 1 is 0.286 bits per heavy atom. The lowest BCUT2D eigenvalue weighted by Crippen LogP contribution is -2.15. The molecular weight excluding hydrogens is 504 g/mol. The van der Waals surface area contributed by atoms with E-state index in [2.05, 4.69) is 135 Å². The quantitative estimate of drug-likeness (QED) is 0.214. The fourth-order valence-corrected chi connectivity index (χ4v) is 7.72. The fourth-order valence-electron chi connectivity index (χ4n) is 7.72. The second-order valence-electron chi connectivity index (χ2n) is 13.4. The van der Waals surface area contributed by atoms with Gasteiger partial charge in [0, 0.05) is 11.8 Å². The molecule has 0 nitrogen and oxygen atoms in total. The van der Waals surface area contributed by atoms with Gasteiger partial charge in [0.05, 0.1) is 0 Å². The molecule has 0 bridgehead atoms. The van der Waals surface area contributed by atoms with Crippen molar-refractivity contribution in [2.24, 2.45) is 0 Å². The molecule has 1 unspecified atom stereocenters. The van der Waals surface area contributed by atoms with Gasteiger partial charge in [-0.15, -0.1) is 0 Å². The van der Waals surface area contributed by atoms with E-state index in [4.69, 9.17) is 0 Å². The van der Waals surface area contributed by atoms with E-state index in [0.29, 0.717) is 5.92 Å². The molecule has 42 heavy (non-hydrogen) atoms. The van der Waals surface area contributed by atoms with Gasteiger partial charge in [-0.25, -0.2) is 0 Å². The highest BCUT2D eigenvalue weighted by molar-refractivity contribution is 5.62. The van der Waals surface area contributed by atoms with Crippen molar-refractivity contribution in [2.45, 2.75) is 123 Å².